The van der Waals surface area contributed by atoms with Gasteiger partial charge in [-0.05, 0) is 164 Å². The Morgan fingerprint density at radius 1 is 0.598 bits per heavy atom. The number of fused-ring (bicyclic) bond motifs is 5. The van der Waals surface area contributed by atoms with Crippen molar-refractivity contribution < 1.29 is 91.5 Å². The topological polar surface area (TPSA) is 378 Å². The second kappa shape index (κ2) is 43.8. The van der Waals surface area contributed by atoms with E-state index in [4.69, 9.17) is 25.8 Å². The van der Waals surface area contributed by atoms with Gasteiger partial charge in [0.25, 0.3) is 0 Å². The fraction of sp³-hybridized carbons (Fsp3) is 0.767. The number of carbonyl (C=O) groups is 14. The monoisotopic (exact) mass is 1670 g/mol. The number of carbonyl (C=O) groups excluding carboxylic acids is 14. The Labute approximate surface area is 700 Å². The van der Waals surface area contributed by atoms with Crippen molar-refractivity contribution in [3.05, 3.63) is 36.0 Å². The second-order valence-electron chi connectivity index (χ2n) is 36.0. The molecule has 30 nitrogen and oxygen atoms in total. The van der Waals surface area contributed by atoms with Gasteiger partial charge < -0.3 is 80.0 Å². The fourth-order valence-electron chi connectivity index (χ4n) is 18.0. The number of rotatable bonds is 19. The highest BCUT2D eigenvalue weighted by atomic mass is 35.5. The summed E-state index contributed by atoms with van der Waals surface area (Å²) in [6.45, 7) is 35.1. The van der Waals surface area contributed by atoms with E-state index in [9.17, 15) is 67.7 Å². The molecule has 4 fully saturated rings. The molecule has 31 heteroatoms. The van der Waals surface area contributed by atoms with Gasteiger partial charge in [-0.2, -0.15) is 0 Å². The Hall–Kier alpha value is -7.99. The van der Waals surface area contributed by atoms with Crippen LogP contribution in [0.25, 0.3) is 0 Å². The van der Waals surface area contributed by atoms with E-state index in [0.717, 1.165) is 28.2 Å². The largest absolute Gasteiger partial charge is 0.509 e. The molecule has 0 aromatic carbocycles. The van der Waals surface area contributed by atoms with E-state index in [-0.39, 0.29) is 105 Å². The quantitative estimate of drug-likeness (QED) is 0.0423. The SMILES string of the molecule is C/C=C/C[C@@H](C)[C@@H](O)[C@H]1C(=O)N[C@@H](CC)C(=O)N(C)CC(=O)N(C)[C@@H](CC(C)C)C(=O)N[C@@H](C(C)C)C(=O)N(C)[C@@H](CC(C)C)C(=O)N[C@@H](C)C(=O)N[C@H](C)C(=O)N(C)[C@@H](CC(C)C)C(=O)N(C)[C@@H](CC(C)C)C(=O)N(C)[C@@H](C(C)C)C(=O)N1C.CCOC(=O)O[C@]1(C(=O)OCCl)CC[C@H]2[C@@H]3CCC4=CC(=O)C=C[C@]4(C)[C@H]3[C@@H](O)C[C@@]21C. The molecule has 4 aliphatic carbocycles. The average molecular weight is 1670 g/mol. The van der Waals surface area contributed by atoms with Gasteiger partial charge in [0.1, 0.15) is 60.4 Å². The minimum Gasteiger partial charge on any atom is -0.446 e. The maximum Gasteiger partial charge on any atom is 0.509 e. The summed E-state index contributed by atoms with van der Waals surface area (Å²) in [5.41, 5.74) is -1.76. The minimum absolute atomic E-state index is 0.0161. The molecule has 19 atom stereocenters. The standard InChI is InChI=1S/C62H111N11O12.C24H31ClO7/c1-25-27-28-40(15)52(75)51-56(79)65-43(26-2)58(81)67(18)33-48(74)68(19)44(29-34(3)4)55(78)66-49(38(11)12)61(84)69(20)45(30-35(5)6)54(77)63-41(16)53(76)64-42(17)57(80)70(21)46(31-36(7)8)59(82)71(22)47(32-37(9)10)60(83)72(23)50(39(13)14)62(85)73(51)24;1-4-30-21(29)32-24(20(28)31-13-25)10-8-17-16-6-5-14-11-15(26)7-9-22(14,2)19(16)18(27)12-23(17,24)3/h25,27,34-47,49-52,75H,26,28-33H2,1-24H3,(H,63,77)(H,64,76)(H,65,79)(H,66,78);7,9,11,16-19,27H,4-6,8,10,12-13H2,1-3H3/b27-25+;/t40-,41+,42-,43+,44+,45+,46+,47+,49+,50+,51+,52-;16-,17-,18-,19+,22-,23-,24-/m10/s1. The number of hydrogen-bond acceptors (Lipinski definition) is 19. The summed E-state index contributed by atoms with van der Waals surface area (Å²) in [7, 11) is 9.92. The average Bonchev–Trinajstić information content (AvgIpc) is 1.59. The number of hydrogen-bond donors (Lipinski definition) is 6. The predicted molar refractivity (Wildman–Crippen MR) is 444 cm³/mol. The number of aliphatic hydroxyl groups is 2. The molecule has 3 saturated carbocycles. The minimum atomic E-state index is -1.61. The van der Waals surface area contributed by atoms with E-state index in [1.54, 1.807) is 73.6 Å². The number of nitrogens with zero attached hydrogens (tertiary/aromatic N) is 7. The zero-order valence-corrected chi connectivity index (χ0v) is 75.6. The molecule has 0 aromatic rings. The van der Waals surface area contributed by atoms with Crippen molar-refractivity contribution in [2.24, 2.45) is 70.0 Å². The Morgan fingerprint density at radius 2 is 1.10 bits per heavy atom. The number of ether oxygens (including phenoxy) is 3. The number of aliphatic hydroxyl groups excluding tert-OH is 2. The second-order valence-corrected chi connectivity index (χ2v) is 36.2. The summed E-state index contributed by atoms with van der Waals surface area (Å²) in [5, 5.41) is 34.5. The molecule has 5 aliphatic rings. The van der Waals surface area contributed by atoms with Crippen molar-refractivity contribution in [1.82, 2.24) is 55.6 Å². The number of ketones is 1. The molecular formula is C86H142ClN11O19. The van der Waals surface area contributed by atoms with Crippen LogP contribution >= 0.6 is 11.6 Å². The van der Waals surface area contributed by atoms with Crippen molar-refractivity contribution in [3.8, 4) is 0 Å². The first-order valence-electron chi connectivity index (χ1n) is 41.9. The van der Waals surface area contributed by atoms with E-state index in [1.165, 1.54) is 87.7 Å². The van der Waals surface area contributed by atoms with Crippen LogP contribution < -0.4 is 21.3 Å². The van der Waals surface area contributed by atoms with Crippen LogP contribution in [0.2, 0.25) is 0 Å². The van der Waals surface area contributed by atoms with E-state index in [2.05, 4.69) is 28.2 Å². The van der Waals surface area contributed by atoms with E-state index in [0.29, 0.717) is 12.8 Å². The van der Waals surface area contributed by atoms with Gasteiger partial charge in [-0.1, -0.05) is 146 Å². The van der Waals surface area contributed by atoms with Gasteiger partial charge in [0.2, 0.25) is 70.6 Å². The first-order chi connectivity index (χ1) is 54.3. The van der Waals surface area contributed by atoms with Crippen LogP contribution in [0.5, 0.6) is 0 Å². The fourth-order valence-corrected chi connectivity index (χ4v) is 18.1. The molecule has 11 amide bonds. The molecular weight excluding hydrogens is 1530 g/mol. The summed E-state index contributed by atoms with van der Waals surface area (Å²) in [6.07, 6.45) is 9.35. The first kappa shape index (κ1) is 101. The first-order valence-corrected chi connectivity index (χ1v) is 42.4. The lowest BCUT2D eigenvalue weighted by Crippen LogP contribution is -2.63. The van der Waals surface area contributed by atoms with E-state index >= 15 is 9.59 Å². The van der Waals surface area contributed by atoms with Crippen molar-refractivity contribution in [2.45, 2.75) is 287 Å². The van der Waals surface area contributed by atoms with Gasteiger partial charge in [-0.15, -0.1) is 0 Å². The number of alkyl halides is 1. The summed E-state index contributed by atoms with van der Waals surface area (Å²) in [6, 6.07) is -12.7. The van der Waals surface area contributed by atoms with Crippen molar-refractivity contribution in [1.29, 1.82) is 0 Å². The number of amides is 11. The highest BCUT2D eigenvalue weighted by molar-refractivity contribution is 6.17. The zero-order valence-electron chi connectivity index (χ0n) is 74.8. The van der Waals surface area contributed by atoms with Crippen LogP contribution in [0.1, 0.15) is 209 Å². The molecule has 0 bridgehead atoms. The molecule has 0 spiro atoms. The van der Waals surface area contributed by atoms with Gasteiger partial charge in [0.15, 0.2) is 11.8 Å². The van der Waals surface area contributed by atoms with E-state index < -0.39 is 190 Å². The smallest absolute Gasteiger partial charge is 0.446 e. The lowest BCUT2D eigenvalue weighted by atomic mass is 9.46. The summed E-state index contributed by atoms with van der Waals surface area (Å²) in [4.78, 5) is 206. The normalized spacial score (nSPS) is 31.1. The van der Waals surface area contributed by atoms with Gasteiger partial charge in [-0.25, -0.2) is 9.59 Å². The molecule has 1 heterocycles. The Bertz CT molecular complexity index is 3620. The molecule has 0 radical (unpaired) electrons. The number of esters is 1. The molecule has 1 saturated heterocycles. The molecule has 5 rings (SSSR count). The number of halogens is 1. The zero-order chi connectivity index (χ0) is 89.3. The molecule has 0 aromatic heterocycles. The number of allylic oxidation sites excluding steroid dienone is 6. The van der Waals surface area contributed by atoms with Crippen LogP contribution in [-0.2, 0) is 76.5 Å². The summed E-state index contributed by atoms with van der Waals surface area (Å²) in [5.74, 6) is -10.4. The highest BCUT2D eigenvalue weighted by Crippen LogP contribution is 2.68. The van der Waals surface area contributed by atoms with Gasteiger partial charge in [-0.3, -0.25) is 57.5 Å². The van der Waals surface area contributed by atoms with Crippen molar-refractivity contribution in [2.75, 3.05) is 68.6 Å². The van der Waals surface area contributed by atoms with Crippen LogP contribution in [0.4, 0.5) is 4.79 Å². The third kappa shape index (κ3) is 24.2. The summed E-state index contributed by atoms with van der Waals surface area (Å²) < 4.78 is 15.9. The molecule has 117 heavy (non-hydrogen) atoms. The molecule has 0 unspecified atom stereocenters. The van der Waals surface area contributed by atoms with Crippen LogP contribution in [0, 0.1) is 70.0 Å². The number of nitrogens with one attached hydrogen (secondary N) is 4. The van der Waals surface area contributed by atoms with Crippen LogP contribution in [-0.4, -0.2) is 274 Å². The van der Waals surface area contributed by atoms with Crippen molar-refractivity contribution >= 4 is 94.5 Å². The van der Waals surface area contributed by atoms with Gasteiger partial charge >= 0.3 is 12.1 Å². The summed E-state index contributed by atoms with van der Waals surface area (Å²) >= 11 is 5.70. The third-order valence-corrected chi connectivity index (χ3v) is 24.8. The molecule has 1 aliphatic heterocycles. The Morgan fingerprint density at radius 3 is 1.62 bits per heavy atom. The molecule has 6 N–H and O–H groups in total. The Kier molecular flexibility index (Phi) is 38.0. The van der Waals surface area contributed by atoms with Gasteiger partial charge in [0.05, 0.1) is 25.4 Å². The lowest BCUT2D eigenvalue weighted by molar-refractivity contribution is -0.199. The van der Waals surface area contributed by atoms with Crippen LogP contribution in [0.3, 0.4) is 0 Å². The predicted octanol–water partition coefficient (Wildman–Crippen LogP) is 7.19. The maximum atomic E-state index is 15.1. The van der Waals surface area contributed by atoms with Crippen LogP contribution in [0.15, 0.2) is 36.0 Å². The third-order valence-electron chi connectivity index (χ3n) is 24.7. The number of likely N-dealkylation sites (N-methyl/N-ethyl adjacent to an activating group) is 7. The lowest BCUT2D eigenvalue weighted by Gasteiger charge is -2.59. The molecule has 662 valence electrons. The van der Waals surface area contributed by atoms with Crippen molar-refractivity contribution in [3.63, 3.8) is 0 Å². The highest BCUT2D eigenvalue weighted by Gasteiger charge is 2.72. The van der Waals surface area contributed by atoms with E-state index in [1.807, 2.05) is 74.5 Å². The maximum absolute atomic E-state index is 15.1. The van der Waals surface area contributed by atoms with Gasteiger partial charge in [0, 0.05) is 66.1 Å². The Balaban J connectivity index is 0.000000736.